The number of aromatic nitrogens is 1. The van der Waals surface area contributed by atoms with Crippen LogP contribution < -0.4 is 0 Å². The van der Waals surface area contributed by atoms with Crippen LogP contribution in [-0.4, -0.2) is 4.40 Å². The van der Waals surface area contributed by atoms with Crippen molar-refractivity contribution in [3.63, 3.8) is 0 Å². The van der Waals surface area contributed by atoms with Gasteiger partial charge < -0.3 is 4.40 Å². The van der Waals surface area contributed by atoms with E-state index < -0.39 is 0 Å². The molecule has 0 fully saturated rings. The summed E-state index contributed by atoms with van der Waals surface area (Å²) >= 11 is 0. The van der Waals surface area contributed by atoms with Crippen LogP contribution in [0.15, 0.2) is 152 Å². The molecule has 2 aromatic heterocycles. The van der Waals surface area contributed by atoms with Gasteiger partial charge in [-0.2, -0.15) is 0 Å². The second kappa shape index (κ2) is 8.44. The maximum atomic E-state index is 2.48. The lowest BCUT2D eigenvalue weighted by atomic mass is 9.84. The quantitative estimate of drug-likeness (QED) is 0.191. The van der Waals surface area contributed by atoms with Crippen molar-refractivity contribution in [3.05, 3.63) is 152 Å². The van der Waals surface area contributed by atoms with Gasteiger partial charge in [0.15, 0.2) is 0 Å². The molecule has 0 aliphatic rings. The molecule has 43 heavy (non-hydrogen) atoms. The molecule has 198 valence electrons. The zero-order chi connectivity index (χ0) is 28.1. The Hall–Kier alpha value is -5.66. The summed E-state index contributed by atoms with van der Waals surface area (Å²) < 4.78 is 2.48. The van der Waals surface area contributed by atoms with E-state index in [1.54, 1.807) is 0 Å². The van der Waals surface area contributed by atoms with E-state index in [9.17, 15) is 0 Å². The van der Waals surface area contributed by atoms with E-state index in [2.05, 4.69) is 156 Å². The molecule has 0 saturated heterocycles. The molecule has 1 heteroatoms. The molecule has 0 spiro atoms. The summed E-state index contributed by atoms with van der Waals surface area (Å²) in [7, 11) is 0. The van der Waals surface area contributed by atoms with Gasteiger partial charge in [0.05, 0.1) is 16.6 Å². The van der Waals surface area contributed by atoms with Crippen LogP contribution in [0.25, 0.3) is 92.7 Å². The first-order valence-electron chi connectivity index (χ1n) is 15.0. The van der Waals surface area contributed by atoms with E-state index in [0.29, 0.717) is 0 Å². The van der Waals surface area contributed by atoms with Gasteiger partial charge in [-0.05, 0) is 72.8 Å². The molecule has 0 radical (unpaired) electrons. The molecule has 0 bridgehead atoms. The summed E-state index contributed by atoms with van der Waals surface area (Å²) in [5, 5.41) is 12.9. The lowest BCUT2D eigenvalue weighted by Gasteiger charge is -2.18. The third-order valence-corrected chi connectivity index (χ3v) is 9.49. The van der Waals surface area contributed by atoms with Crippen LogP contribution in [-0.2, 0) is 0 Å². The second-order valence-corrected chi connectivity index (χ2v) is 11.7. The summed E-state index contributed by atoms with van der Waals surface area (Å²) in [4.78, 5) is 0. The molecule has 8 aromatic carbocycles. The lowest BCUT2D eigenvalue weighted by Crippen LogP contribution is -1.91. The zero-order valence-corrected chi connectivity index (χ0v) is 23.4. The smallest absolute Gasteiger partial charge is 0.0626 e. The van der Waals surface area contributed by atoms with Crippen LogP contribution in [0, 0.1) is 0 Å². The van der Waals surface area contributed by atoms with Crippen molar-refractivity contribution in [3.8, 4) is 22.3 Å². The van der Waals surface area contributed by atoms with Crippen LogP contribution in [0.5, 0.6) is 0 Å². The summed E-state index contributed by atoms with van der Waals surface area (Å²) in [5.41, 5.74) is 8.99. The van der Waals surface area contributed by atoms with Crippen LogP contribution in [0.1, 0.15) is 0 Å². The Morgan fingerprint density at radius 3 is 1.58 bits per heavy atom. The van der Waals surface area contributed by atoms with E-state index in [1.807, 2.05) is 0 Å². The van der Waals surface area contributed by atoms with Crippen LogP contribution in [0.4, 0.5) is 0 Å². The zero-order valence-electron chi connectivity index (χ0n) is 23.4. The normalized spacial score (nSPS) is 12.2. The van der Waals surface area contributed by atoms with Crippen LogP contribution in [0.3, 0.4) is 0 Å². The standard InChI is InChI=1S/C42H25N/c1-2-12-27-25-28(22-21-26(27)11-1)39-30-14-3-5-16-32(30)40(33-17-6-4-15-31(33)39)36-24-23-34-29-13-7-9-19-37(29)43-38-20-10-8-18-35(38)41(36)42(34)43/h1-25H. The average molecular weight is 544 g/mol. The maximum absolute atomic E-state index is 2.48. The van der Waals surface area contributed by atoms with E-state index in [1.165, 1.54) is 92.7 Å². The summed E-state index contributed by atoms with van der Waals surface area (Å²) in [5.74, 6) is 0. The maximum Gasteiger partial charge on any atom is 0.0626 e. The molecule has 0 aliphatic carbocycles. The van der Waals surface area contributed by atoms with E-state index in [-0.39, 0.29) is 0 Å². The monoisotopic (exact) mass is 543 g/mol. The average Bonchev–Trinajstić information content (AvgIpc) is 3.59. The molecule has 10 aromatic rings. The van der Waals surface area contributed by atoms with Crippen molar-refractivity contribution in [2.75, 3.05) is 0 Å². The summed E-state index contributed by atoms with van der Waals surface area (Å²) in [6.45, 7) is 0. The van der Waals surface area contributed by atoms with E-state index in [4.69, 9.17) is 0 Å². The van der Waals surface area contributed by atoms with Crippen molar-refractivity contribution in [1.29, 1.82) is 0 Å². The molecule has 0 unspecified atom stereocenters. The number of benzene rings is 8. The van der Waals surface area contributed by atoms with Gasteiger partial charge in [0.2, 0.25) is 0 Å². The first-order valence-corrected chi connectivity index (χ1v) is 15.0. The predicted molar refractivity (Wildman–Crippen MR) is 184 cm³/mol. The van der Waals surface area contributed by atoms with Gasteiger partial charge in [-0.3, -0.25) is 0 Å². The molecular weight excluding hydrogens is 518 g/mol. The second-order valence-electron chi connectivity index (χ2n) is 11.7. The highest BCUT2D eigenvalue weighted by molar-refractivity contribution is 6.31. The van der Waals surface area contributed by atoms with Crippen molar-refractivity contribution >= 4 is 70.4 Å². The van der Waals surface area contributed by atoms with Gasteiger partial charge in [-0.25, -0.2) is 0 Å². The molecule has 1 nitrogen and oxygen atoms in total. The number of fused-ring (bicyclic) bond motifs is 9. The van der Waals surface area contributed by atoms with Crippen molar-refractivity contribution in [2.24, 2.45) is 0 Å². The fourth-order valence-electron chi connectivity index (χ4n) is 7.74. The fourth-order valence-corrected chi connectivity index (χ4v) is 7.74. The Kier molecular flexibility index (Phi) is 4.51. The van der Waals surface area contributed by atoms with Gasteiger partial charge in [0.1, 0.15) is 0 Å². The molecule has 0 atom stereocenters. The minimum atomic E-state index is 1.25. The van der Waals surface area contributed by atoms with Crippen molar-refractivity contribution < 1.29 is 0 Å². The third-order valence-electron chi connectivity index (χ3n) is 9.49. The van der Waals surface area contributed by atoms with Gasteiger partial charge in [0.25, 0.3) is 0 Å². The Bertz CT molecular complexity index is 2670. The molecule has 0 aliphatic heterocycles. The summed E-state index contributed by atoms with van der Waals surface area (Å²) in [6.07, 6.45) is 0. The SMILES string of the molecule is c1ccc2cc(-c3c4ccccc4c(-c4ccc5c6ccccc6n6c7ccccc7c4c56)c4ccccc34)ccc2c1. The Labute approximate surface area is 248 Å². The molecule has 2 heterocycles. The van der Waals surface area contributed by atoms with Gasteiger partial charge >= 0.3 is 0 Å². The number of para-hydroxylation sites is 2. The fraction of sp³-hybridized carbons (Fsp3) is 0. The highest BCUT2D eigenvalue weighted by Crippen LogP contribution is 2.49. The van der Waals surface area contributed by atoms with Crippen molar-refractivity contribution in [1.82, 2.24) is 4.40 Å². The molecular formula is C42H25N. The lowest BCUT2D eigenvalue weighted by molar-refractivity contribution is 1.37. The van der Waals surface area contributed by atoms with Crippen LogP contribution in [0.2, 0.25) is 0 Å². The number of rotatable bonds is 2. The predicted octanol–water partition coefficient (Wildman–Crippen LogP) is 11.6. The summed E-state index contributed by atoms with van der Waals surface area (Å²) in [6, 6.07) is 56.0. The Morgan fingerprint density at radius 1 is 0.349 bits per heavy atom. The van der Waals surface area contributed by atoms with Gasteiger partial charge in [-0.1, -0.05) is 133 Å². The Morgan fingerprint density at radius 2 is 0.884 bits per heavy atom. The molecule has 0 amide bonds. The van der Waals surface area contributed by atoms with Gasteiger partial charge in [-0.15, -0.1) is 0 Å². The number of hydrogen-bond donors (Lipinski definition) is 0. The molecule has 0 saturated carbocycles. The topological polar surface area (TPSA) is 4.41 Å². The third kappa shape index (κ3) is 3.01. The first-order chi connectivity index (χ1) is 21.4. The molecule has 0 N–H and O–H groups in total. The number of hydrogen-bond acceptors (Lipinski definition) is 0. The number of nitrogens with zero attached hydrogens (tertiary/aromatic N) is 1. The minimum absolute atomic E-state index is 1.25. The largest absolute Gasteiger partial charge is 0.308 e. The first kappa shape index (κ1) is 23.0. The van der Waals surface area contributed by atoms with Crippen LogP contribution >= 0.6 is 0 Å². The highest BCUT2D eigenvalue weighted by Gasteiger charge is 2.23. The van der Waals surface area contributed by atoms with E-state index >= 15 is 0 Å². The van der Waals surface area contributed by atoms with Crippen molar-refractivity contribution in [2.45, 2.75) is 0 Å². The highest BCUT2D eigenvalue weighted by atomic mass is 14.9. The molecule has 10 rings (SSSR count). The minimum Gasteiger partial charge on any atom is -0.308 e. The Balaban J connectivity index is 1.40. The van der Waals surface area contributed by atoms with Gasteiger partial charge in [0, 0.05) is 21.5 Å². The van der Waals surface area contributed by atoms with E-state index in [0.717, 1.165) is 0 Å².